The Labute approximate surface area is 120 Å². The van der Waals surface area contributed by atoms with Crippen molar-refractivity contribution in [2.24, 2.45) is 0 Å². The molecule has 1 unspecified atom stereocenters. The lowest BCUT2D eigenvalue weighted by molar-refractivity contribution is -0.129. The number of esters is 1. The van der Waals surface area contributed by atoms with Crippen LogP contribution in [0.15, 0.2) is 24.3 Å². The summed E-state index contributed by atoms with van der Waals surface area (Å²) in [7, 11) is 0. The first-order valence-corrected chi connectivity index (χ1v) is 6.75. The number of benzene rings is 1. The molecule has 0 saturated heterocycles. The Morgan fingerprint density at radius 1 is 1.22 bits per heavy atom. The minimum absolute atomic E-state index is 0.0236. The van der Waals surface area contributed by atoms with Crippen LogP contribution in [-0.4, -0.2) is 24.0 Å². The van der Waals surface area contributed by atoms with Gasteiger partial charge in [-0.25, -0.2) is 4.79 Å². The average molecular weight is 361 g/mol. The fourth-order valence-corrected chi connectivity index (χ4v) is 1.91. The standard InChI is InChI=1S/C13H16INO3/c1-8(2)15-12(16)9(3)18-13(17)10-6-4-5-7-11(10)14/h4-9H,1-3H3,(H,15,16). The van der Waals surface area contributed by atoms with Crippen LogP contribution in [0.3, 0.4) is 0 Å². The van der Waals surface area contributed by atoms with Crippen LogP contribution in [0.4, 0.5) is 0 Å². The molecule has 1 aromatic rings. The number of halogens is 1. The summed E-state index contributed by atoms with van der Waals surface area (Å²) in [6.07, 6.45) is -0.795. The Kier molecular flexibility index (Phi) is 5.58. The summed E-state index contributed by atoms with van der Waals surface area (Å²) >= 11 is 2.06. The van der Waals surface area contributed by atoms with E-state index >= 15 is 0 Å². The number of carbonyl (C=O) groups is 2. The van der Waals surface area contributed by atoms with Gasteiger partial charge in [-0.15, -0.1) is 0 Å². The zero-order chi connectivity index (χ0) is 13.7. The molecule has 0 aliphatic rings. The van der Waals surface area contributed by atoms with Crippen molar-refractivity contribution in [2.75, 3.05) is 0 Å². The van der Waals surface area contributed by atoms with Crippen LogP contribution in [0.2, 0.25) is 0 Å². The van der Waals surface area contributed by atoms with Crippen molar-refractivity contribution in [3.8, 4) is 0 Å². The van der Waals surface area contributed by atoms with Crippen LogP contribution in [0.25, 0.3) is 0 Å². The summed E-state index contributed by atoms with van der Waals surface area (Å²) in [5.41, 5.74) is 0.474. The first kappa shape index (κ1) is 14.9. The molecule has 0 saturated carbocycles. The largest absolute Gasteiger partial charge is 0.449 e. The van der Waals surface area contributed by atoms with Gasteiger partial charge >= 0.3 is 5.97 Å². The summed E-state index contributed by atoms with van der Waals surface area (Å²) in [5, 5.41) is 2.70. The van der Waals surface area contributed by atoms with E-state index in [0.29, 0.717) is 5.56 Å². The van der Waals surface area contributed by atoms with Crippen molar-refractivity contribution >= 4 is 34.5 Å². The molecule has 1 rings (SSSR count). The highest BCUT2D eigenvalue weighted by Gasteiger charge is 2.20. The van der Waals surface area contributed by atoms with Gasteiger partial charge in [0.2, 0.25) is 0 Å². The fraction of sp³-hybridized carbons (Fsp3) is 0.385. The third-order valence-corrected chi connectivity index (χ3v) is 3.12. The third-order valence-electron chi connectivity index (χ3n) is 2.18. The van der Waals surface area contributed by atoms with Gasteiger partial charge in [-0.3, -0.25) is 4.79 Å². The minimum atomic E-state index is -0.795. The third kappa shape index (κ3) is 4.29. The number of amides is 1. The number of carbonyl (C=O) groups excluding carboxylic acids is 2. The lowest BCUT2D eigenvalue weighted by Gasteiger charge is -2.15. The Bertz CT molecular complexity index is 446. The van der Waals surface area contributed by atoms with Crippen molar-refractivity contribution in [1.82, 2.24) is 5.32 Å². The van der Waals surface area contributed by atoms with Crippen LogP contribution < -0.4 is 5.32 Å². The predicted molar refractivity (Wildman–Crippen MR) is 77.3 cm³/mol. The normalized spacial score (nSPS) is 12.1. The highest BCUT2D eigenvalue weighted by atomic mass is 127. The van der Waals surface area contributed by atoms with Crippen LogP contribution in [0, 0.1) is 3.57 Å². The summed E-state index contributed by atoms with van der Waals surface area (Å²) in [6, 6.07) is 7.12. The molecule has 1 N–H and O–H groups in total. The molecule has 0 spiro atoms. The molecule has 1 amide bonds. The van der Waals surface area contributed by atoms with Gasteiger partial charge in [-0.1, -0.05) is 12.1 Å². The Morgan fingerprint density at radius 3 is 2.39 bits per heavy atom. The molecule has 4 nitrogen and oxygen atoms in total. The number of nitrogens with one attached hydrogen (secondary N) is 1. The molecule has 5 heteroatoms. The number of hydrogen-bond acceptors (Lipinski definition) is 3. The van der Waals surface area contributed by atoms with Gasteiger partial charge in [-0.2, -0.15) is 0 Å². The first-order chi connectivity index (χ1) is 8.41. The Balaban J connectivity index is 2.65. The molecule has 0 radical (unpaired) electrons. The van der Waals surface area contributed by atoms with E-state index in [9.17, 15) is 9.59 Å². The van der Waals surface area contributed by atoms with E-state index in [-0.39, 0.29) is 11.9 Å². The van der Waals surface area contributed by atoms with Crippen LogP contribution in [0.5, 0.6) is 0 Å². The number of hydrogen-bond donors (Lipinski definition) is 1. The van der Waals surface area contributed by atoms with Gasteiger partial charge in [0.25, 0.3) is 5.91 Å². The van der Waals surface area contributed by atoms with Gasteiger partial charge in [0.1, 0.15) is 0 Å². The van der Waals surface area contributed by atoms with E-state index in [4.69, 9.17) is 4.74 Å². The van der Waals surface area contributed by atoms with Crippen molar-refractivity contribution in [3.63, 3.8) is 0 Å². The molecule has 1 atom stereocenters. The van der Waals surface area contributed by atoms with Crippen LogP contribution in [-0.2, 0) is 9.53 Å². The second-order valence-corrected chi connectivity index (χ2v) is 5.35. The topological polar surface area (TPSA) is 55.4 Å². The predicted octanol–water partition coefficient (Wildman–Crippen LogP) is 2.36. The zero-order valence-corrected chi connectivity index (χ0v) is 12.7. The maximum absolute atomic E-state index is 11.9. The van der Waals surface area contributed by atoms with Crippen LogP contribution in [0.1, 0.15) is 31.1 Å². The van der Waals surface area contributed by atoms with Crippen molar-refractivity contribution in [3.05, 3.63) is 33.4 Å². The molecule has 0 aliphatic heterocycles. The van der Waals surface area contributed by atoms with Gasteiger partial charge in [0, 0.05) is 9.61 Å². The molecular weight excluding hydrogens is 345 g/mol. The molecule has 98 valence electrons. The van der Waals surface area contributed by atoms with Gasteiger partial charge in [-0.05, 0) is 55.5 Å². The SMILES string of the molecule is CC(C)NC(=O)C(C)OC(=O)c1ccccc1I. The minimum Gasteiger partial charge on any atom is -0.449 e. The smallest absolute Gasteiger partial charge is 0.339 e. The Hall–Kier alpha value is -1.11. The van der Waals surface area contributed by atoms with Gasteiger partial charge < -0.3 is 10.1 Å². The molecule has 0 aliphatic carbocycles. The molecular formula is C13H16INO3. The van der Waals surface area contributed by atoms with E-state index in [0.717, 1.165) is 3.57 Å². The van der Waals surface area contributed by atoms with Gasteiger partial charge in [0.15, 0.2) is 6.10 Å². The summed E-state index contributed by atoms with van der Waals surface area (Å²) in [4.78, 5) is 23.5. The van der Waals surface area contributed by atoms with Crippen molar-refractivity contribution < 1.29 is 14.3 Å². The summed E-state index contributed by atoms with van der Waals surface area (Å²) in [6.45, 7) is 5.27. The molecule has 0 bridgehead atoms. The first-order valence-electron chi connectivity index (χ1n) is 5.67. The van der Waals surface area contributed by atoms with Crippen molar-refractivity contribution in [1.29, 1.82) is 0 Å². The zero-order valence-electron chi connectivity index (χ0n) is 10.6. The second-order valence-electron chi connectivity index (χ2n) is 4.19. The highest BCUT2D eigenvalue weighted by molar-refractivity contribution is 14.1. The van der Waals surface area contributed by atoms with Gasteiger partial charge in [0.05, 0.1) is 5.56 Å². The Morgan fingerprint density at radius 2 is 1.83 bits per heavy atom. The van der Waals surface area contributed by atoms with E-state index in [2.05, 4.69) is 27.9 Å². The van der Waals surface area contributed by atoms with E-state index in [1.807, 2.05) is 26.0 Å². The summed E-state index contributed by atoms with van der Waals surface area (Å²) in [5.74, 6) is -0.768. The molecule has 0 aromatic heterocycles. The van der Waals surface area contributed by atoms with E-state index in [1.54, 1.807) is 19.1 Å². The molecule has 18 heavy (non-hydrogen) atoms. The average Bonchev–Trinajstić information content (AvgIpc) is 2.28. The monoisotopic (exact) mass is 361 g/mol. The molecule has 0 heterocycles. The van der Waals surface area contributed by atoms with E-state index in [1.165, 1.54) is 0 Å². The highest BCUT2D eigenvalue weighted by Crippen LogP contribution is 2.13. The molecule has 1 aromatic carbocycles. The second kappa shape index (κ2) is 6.72. The number of rotatable bonds is 4. The van der Waals surface area contributed by atoms with E-state index < -0.39 is 12.1 Å². The lowest BCUT2D eigenvalue weighted by Crippen LogP contribution is -2.39. The molecule has 0 fully saturated rings. The fourth-order valence-electron chi connectivity index (χ4n) is 1.31. The lowest BCUT2D eigenvalue weighted by atomic mass is 10.2. The summed E-state index contributed by atoms with van der Waals surface area (Å²) < 4.78 is 5.93. The maximum Gasteiger partial charge on any atom is 0.339 e. The number of ether oxygens (including phenoxy) is 1. The van der Waals surface area contributed by atoms with Crippen LogP contribution >= 0.6 is 22.6 Å². The van der Waals surface area contributed by atoms with Crippen molar-refractivity contribution in [2.45, 2.75) is 32.9 Å². The maximum atomic E-state index is 11.9. The quantitative estimate of drug-likeness (QED) is 0.662.